The highest BCUT2D eigenvalue weighted by Crippen LogP contribution is 2.24. The summed E-state index contributed by atoms with van der Waals surface area (Å²) in [7, 11) is -2.13. The first-order valence-electron chi connectivity index (χ1n) is 8.91. The van der Waals surface area contributed by atoms with E-state index in [0.29, 0.717) is 23.5 Å². The maximum Gasteiger partial charge on any atom is 0.254 e. The molecule has 2 aromatic carbocycles. The van der Waals surface area contributed by atoms with Crippen molar-refractivity contribution in [1.82, 2.24) is 4.90 Å². The van der Waals surface area contributed by atoms with E-state index in [2.05, 4.69) is 0 Å². The Kier molecular flexibility index (Phi) is 6.36. The quantitative estimate of drug-likeness (QED) is 0.617. The number of benzene rings is 2. The summed E-state index contributed by atoms with van der Waals surface area (Å²) in [4.78, 5) is 15.6. The summed E-state index contributed by atoms with van der Waals surface area (Å²) in [6.07, 6.45) is 0. The van der Waals surface area contributed by atoms with Crippen molar-refractivity contribution in [3.8, 4) is 5.75 Å². The molecule has 0 spiro atoms. The highest BCUT2D eigenvalue weighted by Gasteiger charge is 2.20. The minimum Gasteiger partial charge on any atom is -0.488 e. The van der Waals surface area contributed by atoms with Crippen LogP contribution in [0.1, 0.15) is 33.8 Å². The van der Waals surface area contributed by atoms with E-state index in [1.54, 1.807) is 53.6 Å². The molecule has 1 atom stereocenters. The zero-order chi connectivity index (χ0) is 21.0. The van der Waals surface area contributed by atoms with E-state index < -0.39 is 10.0 Å². The lowest BCUT2D eigenvalue weighted by Crippen LogP contribution is -2.29. The molecule has 0 saturated heterocycles. The van der Waals surface area contributed by atoms with Gasteiger partial charge in [0.15, 0.2) is 0 Å². The Balaban J connectivity index is 1.75. The second-order valence-electron chi connectivity index (χ2n) is 6.61. The normalized spacial score (nSPS) is 12.4. The van der Waals surface area contributed by atoms with Gasteiger partial charge in [0, 0.05) is 17.5 Å². The number of carbonyl (C=O) groups is 1. The predicted octanol–water partition coefficient (Wildman–Crippen LogP) is 3.81. The molecule has 0 radical (unpaired) electrons. The van der Waals surface area contributed by atoms with Crippen LogP contribution in [-0.4, -0.2) is 26.3 Å². The summed E-state index contributed by atoms with van der Waals surface area (Å²) in [5.74, 6) is 0.418. The molecule has 1 heterocycles. The molecule has 0 saturated carbocycles. The maximum atomic E-state index is 13.0. The Morgan fingerprint density at radius 3 is 2.59 bits per heavy atom. The standard InChI is InChI=1S/C21H22N2O4S2/c1-15(16-6-4-10-20(13-16)29(22,25)26)23(2)21(24)17-7-3-8-18(12-17)27-14-19-9-5-11-28-19/h3-13,15H,14H2,1-2H3,(H2,22,25,26). The van der Waals surface area contributed by atoms with Gasteiger partial charge >= 0.3 is 0 Å². The molecule has 2 N–H and O–H groups in total. The van der Waals surface area contributed by atoms with Crippen LogP contribution >= 0.6 is 11.3 Å². The summed E-state index contributed by atoms with van der Waals surface area (Å²) in [5, 5.41) is 7.20. The Labute approximate surface area is 174 Å². The first-order chi connectivity index (χ1) is 13.8. The van der Waals surface area contributed by atoms with E-state index in [9.17, 15) is 13.2 Å². The Morgan fingerprint density at radius 2 is 1.90 bits per heavy atom. The predicted molar refractivity (Wildman–Crippen MR) is 113 cm³/mol. The van der Waals surface area contributed by atoms with Crippen LogP contribution in [0, 0.1) is 0 Å². The van der Waals surface area contributed by atoms with E-state index in [1.807, 2.05) is 30.5 Å². The first-order valence-corrected chi connectivity index (χ1v) is 11.3. The minimum atomic E-state index is -3.81. The molecule has 29 heavy (non-hydrogen) atoms. The Bertz CT molecular complexity index is 1100. The SMILES string of the molecule is CC(c1cccc(S(N)(=O)=O)c1)N(C)C(=O)c1cccc(OCc2cccs2)c1. The average Bonchev–Trinajstić information content (AvgIpc) is 3.24. The van der Waals surface area contributed by atoms with E-state index in [-0.39, 0.29) is 16.8 Å². The van der Waals surface area contributed by atoms with E-state index >= 15 is 0 Å². The molecular weight excluding hydrogens is 408 g/mol. The summed E-state index contributed by atoms with van der Waals surface area (Å²) in [6, 6.07) is 16.9. The second-order valence-corrected chi connectivity index (χ2v) is 9.20. The third kappa shape index (κ3) is 5.23. The largest absolute Gasteiger partial charge is 0.488 e. The number of nitrogens with two attached hydrogens (primary N) is 1. The van der Waals surface area contributed by atoms with Crippen molar-refractivity contribution in [2.45, 2.75) is 24.5 Å². The summed E-state index contributed by atoms with van der Waals surface area (Å²) in [6.45, 7) is 2.28. The minimum absolute atomic E-state index is 0.0201. The van der Waals surface area contributed by atoms with Crippen molar-refractivity contribution in [3.05, 3.63) is 82.0 Å². The number of hydrogen-bond donors (Lipinski definition) is 1. The molecule has 0 fully saturated rings. The Hall–Kier alpha value is -2.68. The van der Waals surface area contributed by atoms with Gasteiger partial charge in [-0.15, -0.1) is 11.3 Å². The first kappa shape index (κ1) is 21.0. The van der Waals surface area contributed by atoms with Gasteiger partial charge in [-0.2, -0.15) is 0 Å². The molecule has 0 aliphatic rings. The molecule has 0 bridgehead atoms. The van der Waals surface area contributed by atoms with E-state index in [4.69, 9.17) is 9.88 Å². The van der Waals surface area contributed by atoms with Crippen LogP contribution in [0.15, 0.2) is 70.9 Å². The second kappa shape index (κ2) is 8.77. The van der Waals surface area contributed by atoms with Gasteiger partial charge in [-0.3, -0.25) is 4.79 Å². The van der Waals surface area contributed by atoms with Crippen molar-refractivity contribution in [2.24, 2.45) is 5.14 Å². The van der Waals surface area contributed by atoms with Crippen LogP contribution in [0.2, 0.25) is 0 Å². The number of hydrogen-bond acceptors (Lipinski definition) is 5. The van der Waals surface area contributed by atoms with Crippen molar-refractivity contribution < 1.29 is 17.9 Å². The van der Waals surface area contributed by atoms with Crippen molar-refractivity contribution >= 4 is 27.3 Å². The van der Waals surface area contributed by atoms with Crippen LogP contribution in [0.5, 0.6) is 5.75 Å². The number of carbonyl (C=O) groups excluding carboxylic acids is 1. The van der Waals surface area contributed by atoms with E-state index in [1.165, 1.54) is 12.1 Å². The lowest BCUT2D eigenvalue weighted by atomic mass is 10.1. The highest BCUT2D eigenvalue weighted by molar-refractivity contribution is 7.89. The fourth-order valence-electron chi connectivity index (χ4n) is 2.82. The molecule has 0 aliphatic carbocycles. The zero-order valence-corrected chi connectivity index (χ0v) is 17.7. The topological polar surface area (TPSA) is 89.7 Å². The molecular formula is C21H22N2O4S2. The molecule has 1 amide bonds. The smallest absolute Gasteiger partial charge is 0.254 e. The lowest BCUT2D eigenvalue weighted by molar-refractivity contribution is 0.0742. The van der Waals surface area contributed by atoms with Crippen LogP contribution in [0.25, 0.3) is 0 Å². The summed E-state index contributed by atoms with van der Waals surface area (Å²) < 4.78 is 29.0. The molecule has 3 aromatic rings. The fourth-order valence-corrected chi connectivity index (χ4v) is 4.01. The fraction of sp³-hybridized carbons (Fsp3) is 0.190. The number of rotatable bonds is 7. The number of nitrogens with zero attached hydrogens (tertiary/aromatic N) is 1. The van der Waals surface area contributed by atoms with Gasteiger partial charge in [0.05, 0.1) is 10.9 Å². The van der Waals surface area contributed by atoms with Gasteiger partial charge in [-0.1, -0.05) is 24.3 Å². The molecule has 3 rings (SSSR count). The van der Waals surface area contributed by atoms with Gasteiger partial charge in [0.1, 0.15) is 12.4 Å². The molecule has 1 unspecified atom stereocenters. The number of amides is 1. The van der Waals surface area contributed by atoms with Crippen LogP contribution in [0.4, 0.5) is 0 Å². The number of sulfonamides is 1. The van der Waals surface area contributed by atoms with Crippen LogP contribution < -0.4 is 9.88 Å². The van der Waals surface area contributed by atoms with Gasteiger partial charge in [-0.05, 0) is 54.3 Å². The lowest BCUT2D eigenvalue weighted by Gasteiger charge is -2.26. The third-order valence-corrected chi connectivity index (χ3v) is 6.37. The highest BCUT2D eigenvalue weighted by atomic mass is 32.2. The van der Waals surface area contributed by atoms with Crippen molar-refractivity contribution in [2.75, 3.05) is 7.05 Å². The molecule has 6 nitrogen and oxygen atoms in total. The summed E-state index contributed by atoms with van der Waals surface area (Å²) >= 11 is 1.61. The van der Waals surface area contributed by atoms with Crippen molar-refractivity contribution in [3.63, 3.8) is 0 Å². The Morgan fingerprint density at radius 1 is 1.14 bits per heavy atom. The molecule has 1 aromatic heterocycles. The number of thiophene rings is 1. The maximum absolute atomic E-state index is 13.0. The van der Waals surface area contributed by atoms with Gasteiger partial charge in [0.2, 0.25) is 10.0 Å². The van der Waals surface area contributed by atoms with Gasteiger partial charge in [-0.25, -0.2) is 13.6 Å². The van der Waals surface area contributed by atoms with Crippen LogP contribution in [-0.2, 0) is 16.6 Å². The average molecular weight is 431 g/mol. The monoisotopic (exact) mass is 430 g/mol. The van der Waals surface area contributed by atoms with Crippen molar-refractivity contribution in [1.29, 1.82) is 0 Å². The van der Waals surface area contributed by atoms with Crippen LogP contribution in [0.3, 0.4) is 0 Å². The molecule has 0 aliphatic heterocycles. The summed E-state index contributed by atoms with van der Waals surface area (Å²) in [5.41, 5.74) is 1.17. The van der Waals surface area contributed by atoms with Gasteiger partial charge in [0.25, 0.3) is 5.91 Å². The molecule has 152 valence electrons. The molecule has 8 heteroatoms. The third-order valence-electron chi connectivity index (χ3n) is 4.61. The van der Waals surface area contributed by atoms with E-state index in [0.717, 1.165) is 4.88 Å². The van der Waals surface area contributed by atoms with Gasteiger partial charge < -0.3 is 9.64 Å². The zero-order valence-electron chi connectivity index (χ0n) is 16.1. The number of primary sulfonamides is 1. The number of ether oxygens (including phenoxy) is 1.